The second-order valence-corrected chi connectivity index (χ2v) is 6.70. The summed E-state index contributed by atoms with van der Waals surface area (Å²) in [6, 6.07) is 7.69. The molecule has 1 aromatic rings. The first-order valence-corrected chi connectivity index (χ1v) is 8.30. The molecule has 0 saturated heterocycles. The van der Waals surface area contributed by atoms with Crippen molar-refractivity contribution in [1.29, 1.82) is 0 Å². The van der Waals surface area contributed by atoms with Gasteiger partial charge in [0.15, 0.2) is 0 Å². The molecule has 1 heterocycles. The molecule has 2 nitrogen and oxygen atoms in total. The number of aryl methyl sites for hydroxylation is 1. The van der Waals surface area contributed by atoms with Crippen LogP contribution in [0.25, 0.3) is 0 Å². The van der Waals surface area contributed by atoms with E-state index in [2.05, 4.69) is 42.4 Å². The van der Waals surface area contributed by atoms with Gasteiger partial charge in [0.2, 0.25) is 0 Å². The van der Waals surface area contributed by atoms with Crippen LogP contribution in [0.1, 0.15) is 50.2 Å². The fourth-order valence-corrected chi connectivity index (χ4v) is 3.85. The van der Waals surface area contributed by atoms with Crippen LogP contribution in [-0.2, 0) is 13.0 Å². The minimum atomic E-state index is 0.663. The van der Waals surface area contributed by atoms with Gasteiger partial charge in [-0.15, -0.1) is 0 Å². The Labute approximate surface area is 123 Å². The molecule has 20 heavy (non-hydrogen) atoms. The zero-order chi connectivity index (χ0) is 13.9. The highest BCUT2D eigenvalue weighted by Crippen LogP contribution is 2.29. The maximum Gasteiger partial charge on any atom is 0.0396 e. The van der Waals surface area contributed by atoms with E-state index in [-0.39, 0.29) is 0 Å². The van der Waals surface area contributed by atoms with E-state index in [9.17, 15) is 0 Å². The molecule has 0 aromatic heterocycles. The van der Waals surface area contributed by atoms with Crippen LogP contribution in [0.2, 0.25) is 0 Å². The van der Waals surface area contributed by atoms with Crippen LogP contribution in [-0.4, -0.2) is 19.6 Å². The van der Waals surface area contributed by atoms with Crippen molar-refractivity contribution in [2.75, 3.05) is 18.5 Å². The van der Waals surface area contributed by atoms with E-state index >= 15 is 0 Å². The third-order valence-corrected chi connectivity index (χ3v) is 5.23. The highest BCUT2D eigenvalue weighted by molar-refractivity contribution is 5.56. The molecule has 0 radical (unpaired) electrons. The molecule has 2 heteroatoms. The van der Waals surface area contributed by atoms with E-state index in [4.69, 9.17) is 0 Å². The Hall–Kier alpha value is -1.02. The quantitative estimate of drug-likeness (QED) is 0.898. The molecule has 1 N–H and O–H groups in total. The van der Waals surface area contributed by atoms with Crippen molar-refractivity contribution >= 4 is 5.69 Å². The number of hydrogen-bond donors (Lipinski definition) is 1. The van der Waals surface area contributed by atoms with E-state index in [1.54, 1.807) is 0 Å². The van der Waals surface area contributed by atoms with E-state index in [0.29, 0.717) is 6.04 Å². The summed E-state index contributed by atoms with van der Waals surface area (Å²) >= 11 is 0. The monoisotopic (exact) mass is 272 g/mol. The van der Waals surface area contributed by atoms with Gasteiger partial charge in [0.05, 0.1) is 0 Å². The maximum atomic E-state index is 3.75. The second-order valence-electron chi connectivity index (χ2n) is 6.70. The van der Waals surface area contributed by atoms with Crippen LogP contribution in [0.4, 0.5) is 5.69 Å². The summed E-state index contributed by atoms with van der Waals surface area (Å²) in [5.74, 6) is 0.902. The Balaban J connectivity index is 1.60. The predicted octanol–water partition coefficient (Wildman–Crippen LogP) is 3.74. The molecule has 0 spiro atoms. The molecule has 2 aliphatic rings. The molecule has 1 aliphatic carbocycles. The Morgan fingerprint density at radius 1 is 1.25 bits per heavy atom. The molecule has 1 aliphatic heterocycles. The molecular weight excluding hydrogens is 244 g/mol. The lowest BCUT2D eigenvalue weighted by molar-refractivity contribution is 0.380. The van der Waals surface area contributed by atoms with Gasteiger partial charge >= 0.3 is 0 Å². The third-order valence-electron chi connectivity index (χ3n) is 5.23. The van der Waals surface area contributed by atoms with Crippen molar-refractivity contribution in [3.8, 4) is 0 Å². The van der Waals surface area contributed by atoms with Crippen molar-refractivity contribution < 1.29 is 0 Å². The Morgan fingerprint density at radius 2 is 2.05 bits per heavy atom. The first-order chi connectivity index (χ1) is 9.74. The number of rotatable bonds is 4. The van der Waals surface area contributed by atoms with Gasteiger partial charge in [-0.25, -0.2) is 0 Å². The minimum absolute atomic E-state index is 0.663. The molecule has 1 fully saturated rings. The van der Waals surface area contributed by atoms with Crippen molar-refractivity contribution in [3.05, 3.63) is 29.3 Å². The minimum Gasteiger partial charge on any atom is -0.374 e. The van der Waals surface area contributed by atoms with Gasteiger partial charge in [-0.2, -0.15) is 0 Å². The zero-order valence-electron chi connectivity index (χ0n) is 13.0. The molecule has 0 unspecified atom stereocenters. The van der Waals surface area contributed by atoms with Crippen molar-refractivity contribution in [1.82, 2.24) is 5.32 Å². The average Bonchev–Trinajstić information content (AvgIpc) is 2.99. The number of fused-ring (bicyclic) bond motifs is 1. The topological polar surface area (TPSA) is 15.3 Å². The van der Waals surface area contributed by atoms with Crippen molar-refractivity contribution in [2.45, 2.75) is 58.0 Å². The first-order valence-electron chi connectivity index (χ1n) is 8.30. The van der Waals surface area contributed by atoms with Crippen LogP contribution in [0.5, 0.6) is 0 Å². The summed E-state index contributed by atoms with van der Waals surface area (Å²) in [7, 11) is 2.21. The first kappa shape index (κ1) is 13.9. The Bertz CT molecular complexity index is 449. The van der Waals surface area contributed by atoms with Gasteiger partial charge in [-0.1, -0.05) is 25.0 Å². The number of nitrogens with zero attached hydrogens (tertiary/aromatic N) is 1. The second kappa shape index (κ2) is 6.17. The third kappa shape index (κ3) is 3.01. The van der Waals surface area contributed by atoms with E-state index in [0.717, 1.165) is 12.5 Å². The molecule has 1 saturated carbocycles. The van der Waals surface area contributed by atoms with Gasteiger partial charge in [0.25, 0.3) is 0 Å². The number of nitrogens with one attached hydrogen (secondary N) is 1. The molecule has 3 rings (SSSR count). The summed E-state index contributed by atoms with van der Waals surface area (Å²) < 4.78 is 0. The SMILES string of the molecule is C[C@@H](NCc1ccc2c(c1)CCCN2C)C1CCCC1. The van der Waals surface area contributed by atoms with Crippen molar-refractivity contribution in [3.63, 3.8) is 0 Å². The molecular formula is C18H28N2. The number of benzene rings is 1. The largest absolute Gasteiger partial charge is 0.374 e. The summed E-state index contributed by atoms with van der Waals surface area (Å²) in [4.78, 5) is 2.39. The lowest BCUT2D eigenvalue weighted by Gasteiger charge is -2.28. The van der Waals surface area contributed by atoms with Gasteiger partial charge in [0.1, 0.15) is 0 Å². The fraction of sp³-hybridized carbons (Fsp3) is 0.667. The highest BCUT2D eigenvalue weighted by atomic mass is 15.1. The molecule has 1 aromatic carbocycles. The standard InChI is InChI=1S/C18H28N2/c1-14(16-6-3-4-7-16)19-13-15-9-10-18-17(12-15)8-5-11-20(18)2/h9-10,12,14,16,19H,3-8,11,13H2,1-2H3/t14-/m1/s1. The maximum absolute atomic E-state index is 3.75. The molecule has 1 atom stereocenters. The van der Waals surface area contributed by atoms with Crippen LogP contribution in [0, 0.1) is 5.92 Å². The van der Waals surface area contributed by atoms with Crippen molar-refractivity contribution in [2.24, 2.45) is 5.92 Å². The van der Waals surface area contributed by atoms with Crippen LogP contribution >= 0.6 is 0 Å². The summed E-state index contributed by atoms with van der Waals surface area (Å²) in [6.07, 6.45) is 8.24. The molecule has 110 valence electrons. The lowest BCUT2D eigenvalue weighted by atomic mass is 9.98. The summed E-state index contributed by atoms with van der Waals surface area (Å²) in [5.41, 5.74) is 4.42. The zero-order valence-corrected chi connectivity index (χ0v) is 13.0. The average molecular weight is 272 g/mol. The van der Waals surface area contributed by atoms with E-state index < -0.39 is 0 Å². The van der Waals surface area contributed by atoms with E-state index in [1.165, 1.54) is 61.9 Å². The van der Waals surface area contributed by atoms with Crippen LogP contribution < -0.4 is 10.2 Å². The fourth-order valence-electron chi connectivity index (χ4n) is 3.85. The number of anilines is 1. The predicted molar refractivity (Wildman–Crippen MR) is 86.3 cm³/mol. The van der Waals surface area contributed by atoms with E-state index in [1.807, 2.05) is 0 Å². The van der Waals surface area contributed by atoms with Crippen LogP contribution in [0.3, 0.4) is 0 Å². The highest BCUT2D eigenvalue weighted by Gasteiger charge is 2.21. The molecule has 0 amide bonds. The Morgan fingerprint density at radius 3 is 2.85 bits per heavy atom. The van der Waals surface area contributed by atoms with Gasteiger partial charge in [-0.05, 0) is 55.7 Å². The summed E-state index contributed by atoms with van der Waals surface area (Å²) in [6.45, 7) is 4.58. The lowest BCUT2D eigenvalue weighted by Crippen LogP contribution is -2.32. The summed E-state index contributed by atoms with van der Waals surface area (Å²) in [5, 5.41) is 3.75. The molecule has 0 bridgehead atoms. The van der Waals surface area contributed by atoms with Gasteiger partial charge in [-0.3, -0.25) is 0 Å². The number of hydrogen-bond acceptors (Lipinski definition) is 2. The normalized spacial score (nSPS) is 21.0. The van der Waals surface area contributed by atoms with Gasteiger partial charge < -0.3 is 10.2 Å². The smallest absolute Gasteiger partial charge is 0.0396 e. The Kier molecular flexibility index (Phi) is 4.30. The van der Waals surface area contributed by atoms with Gasteiger partial charge in [0, 0.05) is 31.9 Å². The van der Waals surface area contributed by atoms with Crippen LogP contribution in [0.15, 0.2) is 18.2 Å².